The molecule has 0 bridgehead atoms. The maximum Gasteiger partial charge on any atom is 0.126 e. The summed E-state index contributed by atoms with van der Waals surface area (Å²) in [6, 6.07) is 1.90. The van der Waals surface area contributed by atoms with E-state index in [-0.39, 0.29) is 0 Å². The van der Waals surface area contributed by atoms with E-state index in [1.54, 1.807) is 7.11 Å². The van der Waals surface area contributed by atoms with Gasteiger partial charge in [0.15, 0.2) is 0 Å². The van der Waals surface area contributed by atoms with Gasteiger partial charge in [0.25, 0.3) is 0 Å². The summed E-state index contributed by atoms with van der Waals surface area (Å²) in [5.41, 5.74) is 8.66. The molecule has 13 heavy (non-hydrogen) atoms. The number of hydrogen-bond acceptors (Lipinski definition) is 2. The lowest BCUT2D eigenvalue weighted by atomic mass is 10.0. The molecule has 1 aromatic rings. The summed E-state index contributed by atoms with van der Waals surface area (Å²) in [5, 5.41) is 0.711. The highest BCUT2D eigenvalue weighted by Crippen LogP contribution is 2.31. The van der Waals surface area contributed by atoms with Crippen LogP contribution in [0.2, 0.25) is 5.02 Å². The minimum absolute atomic E-state index is 0.488. The van der Waals surface area contributed by atoms with E-state index in [9.17, 15) is 0 Å². The molecule has 0 spiro atoms. The minimum atomic E-state index is 0.488. The van der Waals surface area contributed by atoms with Crippen molar-refractivity contribution in [1.82, 2.24) is 0 Å². The van der Waals surface area contributed by atoms with Gasteiger partial charge in [0.2, 0.25) is 0 Å². The maximum atomic E-state index is 6.01. The predicted molar refractivity (Wildman–Crippen MR) is 55.4 cm³/mol. The minimum Gasteiger partial charge on any atom is -0.496 e. The molecule has 0 amide bonds. The highest BCUT2D eigenvalue weighted by atomic mass is 35.5. The zero-order valence-corrected chi connectivity index (χ0v) is 8.90. The molecule has 2 N–H and O–H groups in total. The molecule has 3 heteroatoms. The third-order valence-corrected chi connectivity index (χ3v) is 2.64. The van der Waals surface area contributed by atoms with Crippen molar-refractivity contribution >= 4 is 11.6 Å². The highest BCUT2D eigenvalue weighted by molar-refractivity contribution is 6.31. The van der Waals surface area contributed by atoms with Crippen molar-refractivity contribution in [2.45, 2.75) is 20.4 Å². The molecule has 0 aliphatic heterocycles. The third kappa shape index (κ3) is 1.79. The first-order valence-electron chi connectivity index (χ1n) is 4.14. The van der Waals surface area contributed by atoms with Crippen molar-refractivity contribution in [2.24, 2.45) is 5.73 Å². The molecule has 0 radical (unpaired) electrons. The van der Waals surface area contributed by atoms with E-state index < -0.39 is 0 Å². The van der Waals surface area contributed by atoms with E-state index in [2.05, 4.69) is 0 Å². The predicted octanol–water partition coefficient (Wildman–Crippen LogP) is 2.42. The van der Waals surface area contributed by atoms with E-state index in [0.717, 1.165) is 22.4 Å². The van der Waals surface area contributed by atoms with Gasteiger partial charge in [0.1, 0.15) is 5.75 Å². The molecular weight excluding hydrogens is 186 g/mol. The van der Waals surface area contributed by atoms with Crippen LogP contribution in [0.25, 0.3) is 0 Å². The van der Waals surface area contributed by atoms with Crippen LogP contribution in [-0.4, -0.2) is 7.11 Å². The monoisotopic (exact) mass is 199 g/mol. The van der Waals surface area contributed by atoms with Crippen LogP contribution in [0.4, 0.5) is 0 Å². The van der Waals surface area contributed by atoms with Crippen molar-refractivity contribution < 1.29 is 4.74 Å². The fourth-order valence-electron chi connectivity index (χ4n) is 1.42. The van der Waals surface area contributed by atoms with Crippen molar-refractivity contribution in [1.29, 1.82) is 0 Å². The second-order valence-corrected chi connectivity index (χ2v) is 3.41. The Morgan fingerprint density at radius 3 is 2.46 bits per heavy atom. The highest BCUT2D eigenvalue weighted by Gasteiger charge is 2.10. The average molecular weight is 200 g/mol. The van der Waals surface area contributed by atoms with Crippen LogP contribution in [0.1, 0.15) is 16.7 Å². The normalized spacial score (nSPS) is 10.2. The summed E-state index contributed by atoms with van der Waals surface area (Å²) >= 11 is 6.01. The molecule has 0 fully saturated rings. The Hall–Kier alpha value is -0.730. The molecular formula is C10H14ClNO. The van der Waals surface area contributed by atoms with Crippen LogP contribution < -0.4 is 10.5 Å². The Morgan fingerprint density at radius 1 is 1.38 bits per heavy atom. The second-order valence-electron chi connectivity index (χ2n) is 3.00. The van der Waals surface area contributed by atoms with Crippen LogP contribution in [0, 0.1) is 13.8 Å². The van der Waals surface area contributed by atoms with Crippen molar-refractivity contribution in [3.8, 4) is 5.75 Å². The Labute approximate surface area is 83.6 Å². The van der Waals surface area contributed by atoms with Gasteiger partial charge in [-0.2, -0.15) is 0 Å². The van der Waals surface area contributed by atoms with Crippen LogP contribution in [0.15, 0.2) is 6.07 Å². The van der Waals surface area contributed by atoms with Gasteiger partial charge in [-0.1, -0.05) is 11.6 Å². The molecule has 72 valence electrons. The molecule has 0 heterocycles. The summed E-state index contributed by atoms with van der Waals surface area (Å²) in [6.07, 6.45) is 0. The molecule has 1 aromatic carbocycles. The first-order valence-corrected chi connectivity index (χ1v) is 4.52. The zero-order valence-electron chi connectivity index (χ0n) is 8.15. The molecule has 0 unspecified atom stereocenters. The Balaban J connectivity index is 3.39. The van der Waals surface area contributed by atoms with Crippen LogP contribution in [0.3, 0.4) is 0 Å². The molecule has 0 aliphatic rings. The lowest BCUT2D eigenvalue weighted by Gasteiger charge is -2.13. The van der Waals surface area contributed by atoms with Crippen LogP contribution in [0.5, 0.6) is 5.75 Å². The van der Waals surface area contributed by atoms with Gasteiger partial charge in [0.05, 0.1) is 7.11 Å². The molecule has 0 saturated carbocycles. The summed E-state index contributed by atoms with van der Waals surface area (Å²) in [6.45, 7) is 4.42. The van der Waals surface area contributed by atoms with Crippen molar-refractivity contribution in [2.75, 3.05) is 7.11 Å². The summed E-state index contributed by atoms with van der Waals surface area (Å²) in [5.74, 6) is 0.841. The molecule has 0 saturated heterocycles. The SMILES string of the molecule is COc1c(C)c(Cl)cc(CN)c1C. The molecule has 2 nitrogen and oxygen atoms in total. The largest absolute Gasteiger partial charge is 0.496 e. The average Bonchev–Trinajstić information content (AvgIpc) is 2.12. The van der Waals surface area contributed by atoms with Gasteiger partial charge in [-0.25, -0.2) is 0 Å². The topological polar surface area (TPSA) is 35.2 Å². The summed E-state index contributed by atoms with van der Waals surface area (Å²) < 4.78 is 5.26. The molecule has 0 atom stereocenters. The molecule has 0 aliphatic carbocycles. The van der Waals surface area contributed by atoms with Gasteiger partial charge in [0, 0.05) is 17.1 Å². The number of halogens is 1. The zero-order chi connectivity index (χ0) is 10.0. The number of ether oxygens (including phenoxy) is 1. The van der Waals surface area contributed by atoms with E-state index in [0.29, 0.717) is 11.6 Å². The van der Waals surface area contributed by atoms with Gasteiger partial charge < -0.3 is 10.5 Å². The fourth-order valence-corrected chi connectivity index (χ4v) is 1.64. The van der Waals surface area contributed by atoms with Gasteiger partial charge in [-0.05, 0) is 31.0 Å². The lowest BCUT2D eigenvalue weighted by molar-refractivity contribution is 0.408. The number of methoxy groups -OCH3 is 1. The molecule has 1 rings (SSSR count). The quantitative estimate of drug-likeness (QED) is 0.794. The standard InChI is InChI=1S/C10H14ClNO/c1-6-8(5-12)4-9(11)7(2)10(6)13-3/h4H,5,12H2,1-3H3. The van der Waals surface area contributed by atoms with Crippen molar-refractivity contribution in [3.63, 3.8) is 0 Å². The lowest BCUT2D eigenvalue weighted by Crippen LogP contribution is -2.02. The Morgan fingerprint density at radius 2 is 2.00 bits per heavy atom. The first kappa shape index (κ1) is 10.4. The third-order valence-electron chi connectivity index (χ3n) is 2.25. The number of rotatable bonds is 2. The van der Waals surface area contributed by atoms with E-state index >= 15 is 0 Å². The number of nitrogens with two attached hydrogens (primary N) is 1. The van der Waals surface area contributed by atoms with E-state index in [1.807, 2.05) is 19.9 Å². The van der Waals surface area contributed by atoms with Crippen molar-refractivity contribution in [3.05, 3.63) is 27.8 Å². The number of benzene rings is 1. The number of hydrogen-bond donors (Lipinski definition) is 1. The Bertz CT molecular complexity index is 323. The maximum absolute atomic E-state index is 6.01. The molecule has 0 aromatic heterocycles. The van der Waals surface area contributed by atoms with Gasteiger partial charge in [-0.15, -0.1) is 0 Å². The summed E-state index contributed by atoms with van der Waals surface area (Å²) in [7, 11) is 1.64. The Kier molecular flexibility index (Phi) is 3.17. The first-order chi connectivity index (χ1) is 6.11. The second kappa shape index (κ2) is 3.99. The van der Waals surface area contributed by atoms with Gasteiger partial charge in [-0.3, -0.25) is 0 Å². The van der Waals surface area contributed by atoms with Crippen LogP contribution >= 0.6 is 11.6 Å². The van der Waals surface area contributed by atoms with Gasteiger partial charge >= 0.3 is 0 Å². The smallest absolute Gasteiger partial charge is 0.126 e. The van der Waals surface area contributed by atoms with E-state index in [1.165, 1.54) is 0 Å². The fraction of sp³-hybridized carbons (Fsp3) is 0.400. The van der Waals surface area contributed by atoms with E-state index in [4.69, 9.17) is 22.1 Å². The van der Waals surface area contributed by atoms with Crippen LogP contribution in [-0.2, 0) is 6.54 Å². The summed E-state index contributed by atoms with van der Waals surface area (Å²) in [4.78, 5) is 0.